The minimum absolute atomic E-state index is 0.0707. The Morgan fingerprint density at radius 1 is 1.00 bits per heavy atom. The number of allylic oxidation sites excluding steroid dienone is 3. The molecule has 0 bridgehead atoms. The largest absolute Gasteiger partial charge is 0.480 e. The van der Waals surface area contributed by atoms with E-state index in [4.69, 9.17) is 11.6 Å². The van der Waals surface area contributed by atoms with Crippen LogP contribution in [0.2, 0.25) is 5.02 Å². The van der Waals surface area contributed by atoms with Crippen molar-refractivity contribution in [2.45, 2.75) is 45.2 Å². The molecular formula is C27H24ClF6N3O4. The highest BCUT2D eigenvalue weighted by atomic mass is 35.5. The maximum atomic E-state index is 13.5. The summed E-state index contributed by atoms with van der Waals surface area (Å²) in [5, 5.41) is 14.1. The van der Waals surface area contributed by atoms with E-state index in [0.717, 1.165) is 4.90 Å². The van der Waals surface area contributed by atoms with Gasteiger partial charge in [0.25, 0.3) is 11.8 Å². The normalized spacial score (nSPS) is 14.2. The minimum atomic E-state index is -5.02. The van der Waals surface area contributed by atoms with Gasteiger partial charge in [0, 0.05) is 18.8 Å². The highest BCUT2D eigenvalue weighted by molar-refractivity contribution is 6.35. The van der Waals surface area contributed by atoms with Gasteiger partial charge in [-0.2, -0.15) is 26.3 Å². The van der Waals surface area contributed by atoms with Crippen LogP contribution < -0.4 is 10.6 Å². The summed E-state index contributed by atoms with van der Waals surface area (Å²) in [5.41, 5.74) is -3.93. The molecule has 0 fully saturated rings. The Balaban J connectivity index is 1.82. The lowest BCUT2D eigenvalue weighted by atomic mass is 10.0. The van der Waals surface area contributed by atoms with Crippen molar-refractivity contribution in [1.29, 1.82) is 0 Å². The van der Waals surface area contributed by atoms with Crippen molar-refractivity contribution >= 4 is 35.1 Å². The highest BCUT2D eigenvalue weighted by Crippen LogP contribution is 2.37. The molecule has 0 saturated heterocycles. The van der Waals surface area contributed by atoms with Crippen LogP contribution in [0.15, 0.2) is 59.8 Å². The Morgan fingerprint density at radius 3 is 2.22 bits per heavy atom. The number of amides is 2. The Bertz CT molecular complexity index is 1450. The molecule has 0 radical (unpaired) electrons. The number of carboxylic acids is 1. The van der Waals surface area contributed by atoms with Gasteiger partial charge in [0.1, 0.15) is 11.2 Å². The third kappa shape index (κ3) is 7.40. The minimum Gasteiger partial charge on any atom is -0.480 e. The van der Waals surface area contributed by atoms with E-state index < -0.39 is 53.5 Å². The molecule has 0 aromatic heterocycles. The number of carboxylic acid groups (broad SMARTS) is 1. The van der Waals surface area contributed by atoms with E-state index in [2.05, 4.69) is 10.6 Å². The molecule has 0 spiro atoms. The number of aryl methyl sites for hydroxylation is 1. The van der Waals surface area contributed by atoms with Crippen LogP contribution >= 0.6 is 11.6 Å². The Kier molecular flexibility index (Phi) is 8.82. The average Bonchev–Trinajstić information content (AvgIpc) is 2.83. The molecule has 0 aliphatic carbocycles. The van der Waals surface area contributed by atoms with E-state index in [-0.39, 0.29) is 34.5 Å². The topological polar surface area (TPSA) is 98.7 Å². The second-order valence-corrected chi connectivity index (χ2v) is 10.1. The monoisotopic (exact) mass is 603 g/mol. The van der Waals surface area contributed by atoms with Crippen molar-refractivity contribution in [1.82, 2.24) is 10.2 Å². The number of carbonyl (C=O) groups is 3. The lowest BCUT2D eigenvalue weighted by molar-refractivity contribution is -0.143. The van der Waals surface area contributed by atoms with Gasteiger partial charge in [0.2, 0.25) is 0 Å². The van der Waals surface area contributed by atoms with Crippen LogP contribution in [0.3, 0.4) is 0 Å². The Morgan fingerprint density at radius 2 is 1.66 bits per heavy atom. The Hall–Kier alpha value is -4.00. The van der Waals surface area contributed by atoms with Crippen molar-refractivity contribution in [3.05, 3.63) is 87.1 Å². The predicted octanol–water partition coefficient (Wildman–Crippen LogP) is 6.24. The number of benzene rings is 2. The van der Waals surface area contributed by atoms with Gasteiger partial charge in [-0.1, -0.05) is 35.9 Å². The van der Waals surface area contributed by atoms with Crippen molar-refractivity contribution in [2.75, 3.05) is 11.9 Å². The molecule has 1 aliphatic heterocycles. The first-order valence-electron chi connectivity index (χ1n) is 11.9. The van der Waals surface area contributed by atoms with Gasteiger partial charge in [-0.3, -0.25) is 9.59 Å². The van der Waals surface area contributed by atoms with Gasteiger partial charge in [0.05, 0.1) is 21.7 Å². The summed E-state index contributed by atoms with van der Waals surface area (Å²) < 4.78 is 79.6. The number of hydrogen-bond donors (Lipinski definition) is 3. The SMILES string of the molecule is Cc1cc(CN2CC=C(C(F)(F)F)C=C2C(F)(F)F)ccc1NC(=O)c1cccc(Cl)c1C(=O)NC(C)(C)C(=O)O. The first-order chi connectivity index (χ1) is 18.8. The van der Waals surface area contributed by atoms with Crippen molar-refractivity contribution in [2.24, 2.45) is 0 Å². The molecule has 1 aliphatic rings. The summed E-state index contributed by atoms with van der Waals surface area (Å²) in [6.45, 7) is 3.07. The fourth-order valence-corrected chi connectivity index (χ4v) is 4.19. The quantitative estimate of drug-likeness (QED) is 0.325. The molecule has 0 saturated carbocycles. The van der Waals surface area contributed by atoms with Crippen molar-refractivity contribution < 1.29 is 45.8 Å². The van der Waals surface area contributed by atoms with Gasteiger partial charge in [-0.05, 0) is 56.2 Å². The zero-order valence-electron chi connectivity index (χ0n) is 21.8. The van der Waals surface area contributed by atoms with E-state index in [1.54, 1.807) is 6.92 Å². The van der Waals surface area contributed by atoms with Crippen molar-refractivity contribution in [3.63, 3.8) is 0 Å². The van der Waals surface area contributed by atoms with E-state index in [0.29, 0.717) is 17.2 Å². The lowest BCUT2D eigenvalue weighted by Gasteiger charge is -2.31. The fourth-order valence-electron chi connectivity index (χ4n) is 3.93. The van der Waals surface area contributed by atoms with Crippen molar-refractivity contribution in [3.8, 4) is 0 Å². The number of carbonyl (C=O) groups excluding carboxylic acids is 2. The van der Waals surface area contributed by atoms with E-state index >= 15 is 0 Å². The summed E-state index contributed by atoms with van der Waals surface area (Å²) >= 11 is 6.16. The molecular weight excluding hydrogens is 580 g/mol. The zero-order chi connectivity index (χ0) is 30.9. The molecule has 0 unspecified atom stereocenters. The molecule has 2 aromatic carbocycles. The first-order valence-corrected chi connectivity index (χ1v) is 12.3. The number of alkyl halides is 6. The first kappa shape index (κ1) is 31.5. The molecule has 7 nitrogen and oxygen atoms in total. The average molecular weight is 604 g/mol. The molecule has 2 aromatic rings. The van der Waals surface area contributed by atoms with Crippen LogP contribution in [-0.2, 0) is 11.3 Å². The third-order valence-corrected chi connectivity index (χ3v) is 6.46. The molecule has 0 atom stereocenters. The molecule has 3 rings (SSSR count). The van der Waals surface area contributed by atoms with E-state index in [9.17, 15) is 45.8 Å². The number of nitrogens with one attached hydrogen (secondary N) is 2. The predicted molar refractivity (Wildman–Crippen MR) is 138 cm³/mol. The molecule has 41 heavy (non-hydrogen) atoms. The lowest BCUT2D eigenvalue weighted by Crippen LogP contribution is -2.50. The molecule has 3 N–H and O–H groups in total. The van der Waals surface area contributed by atoms with Gasteiger partial charge in [-0.25, -0.2) is 4.79 Å². The van der Waals surface area contributed by atoms with Crippen LogP contribution in [0.4, 0.5) is 32.0 Å². The molecule has 2 amide bonds. The van der Waals surface area contributed by atoms with Crippen LogP contribution in [0.5, 0.6) is 0 Å². The molecule has 1 heterocycles. The fraction of sp³-hybridized carbons (Fsp3) is 0.296. The number of hydrogen-bond acceptors (Lipinski definition) is 4. The second-order valence-electron chi connectivity index (χ2n) is 9.72. The second kappa shape index (κ2) is 11.5. The van der Waals surface area contributed by atoms with E-state index in [1.165, 1.54) is 50.2 Å². The number of anilines is 1. The smallest absolute Gasteiger partial charge is 0.431 e. The standard InChI is InChI=1S/C27H24ClF6N3O4/c1-14-11-15(13-37-10-9-16(26(29,30)31)12-20(37)27(32,33)34)7-8-19(14)35-22(38)17-5-4-6-18(28)21(17)23(39)36-25(2,3)24(40)41/h4-9,11-12H,10,13H2,1-3H3,(H,35,38)(H,36,39)(H,40,41). The summed E-state index contributed by atoms with van der Waals surface area (Å²) in [6, 6.07) is 8.33. The number of rotatable bonds is 7. The van der Waals surface area contributed by atoms with Gasteiger partial charge >= 0.3 is 18.3 Å². The van der Waals surface area contributed by atoms with Crippen LogP contribution in [-0.4, -0.2) is 52.2 Å². The number of aliphatic carboxylic acids is 1. The van der Waals surface area contributed by atoms with Crippen LogP contribution in [0, 0.1) is 6.92 Å². The summed E-state index contributed by atoms with van der Waals surface area (Å²) in [7, 11) is 0. The maximum Gasteiger partial charge on any atom is 0.431 e. The highest BCUT2D eigenvalue weighted by Gasteiger charge is 2.43. The Labute approximate surface area is 235 Å². The van der Waals surface area contributed by atoms with Gasteiger partial charge in [0.15, 0.2) is 0 Å². The molecule has 14 heteroatoms. The number of nitrogens with zero attached hydrogens (tertiary/aromatic N) is 1. The summed E-state index contributed by atoms with van der Waals surface area (Å²) in [5.74, 6) is -3.00. The maximum absolute atomic E-state index is 13.5. The van der Waals surface area contributed by atoms with Gasteiger partial charge < -0.3 is 20.6 Å². The van der Waals surface area contributed by atoms with Gasteiger partial charge in [-0.15, -0.1) is 0 Å². The van der Waals surface area contributed by atoms with E-state index in [1.807, 2.05) is 0 Å². The third-order valence-electron chi connectivity index (χ3n) is 6.14. The summed E-state index contributed by atoms with van der Waals surface area (Å²) in [6.07, 6.45) is -9.20. The molecule has 220 valence electrons. The van der Waals surface area contributed by atoms with Crippen LogP contribution in [0.25, 0.3) is 0 Å². The summed E-state index contributed by atoms with van der Waals surface area (Å²) in [4.78, 5) is 38.1. The number of halogens is 7. The van der Waals surface area contributed by atoms with Crippen LogP contribution in [0.1, 0.15) is 45.7 Å². The zero-order valence-corrected chi connectivity index (χ0v) is 22.6.